The largest absolute Gasteiger partial charge is 0.396 e. The van der Waals surface area contributed by atoms with Gasteiger partial charge in [-0.05, 0) is 57.1 Å². The monoisotopic (exact) mass is 358 g/mol. The number of aliphatic hydroxyl groups excluding tert-OH is 1. The average molecular weight is 359 g/mol. The van der Waals surface area contributed by atoms with Crippen LogP contribution in [0.15, 0.2) is 54.6 Å². The summed E-state index contributed by atoms with van der Waals surface area (Å²) in [6.07, 6.45) is 11.2. The molecule has 0 aromatic heterocycles. The maximum atomic E-state index is 8.81. The molecule has 1 heteroatoms. The smallest absolute Gasteiger partial charge is 0.0431 e. The molecule has 140 valence electrons. The molecule has 4 aromatic rings. The van der Waals surface area contributed by atoms with Crippen LogP contribution in [0.2, 0.25) is 0 Å². The third kappa shape index (κ3) is 3.94. The lowest BCUT2D eigenvalue weighted by molar-refractivity contribution is 0.282. The van der Waals surface area contributed by atoms with Crippen LogP contribution < -0.4 is 0 Å². The van der Waals surface area contributed by atoms with Crippen molar-refractivity contribution in [1.29, 1.82) is 0 Å². The first kappa shape index (κ1) is 18.3. The van der Waals surface area contributed by atoms with Crippen LogP contribution in [0.25, 0.3) is 32.3 Å². The van der Waals surface area contributed by atoms with Crippen molar-refractivity contribution in [2.75, 3.05) is 6.61 Å². The minimum absolute atomic E-state index is 0.347. The van der Waals surface area contributed by atoms with Gasteiger partial charge in [0.1, 0.15) is 0 Å². The molecule has 0 aliphatic carbocycles. The van der Waals surface area contributed by atoms with E-state index in [-0.39, 0.29) is 0 Å². The Labute approximate surface area is 162 Å². The summed E-state index contributed by atoms with van der Waals surface area (Å²) in [4.78, 5) is 0. The quantitative estimate of drug-likeness (QED) is 0.234. The number of aryl methyl sites for hydroxylation is 1. The molecule has 0 unspecified atom stereocenters. The van der Waals surface area contributed by atoms with Crippen LogP contribution in [0, 0.1) is 0 Å². The van der Waals surface area contributed by atoms with Gasteiger partial charge in [-0.2, -0.15) is 0 Å². The average Bonchev–Trinajstić information content (AvgIpc) is 2.71. The Morgan fingerprint density at radius 1 is 0.519 bits per heavy atom. The molecule has 1 nitrogen and oxygen atoms in total. The lowest BCUT2D eigenvalue weighted by atomic mass is 9.90. The predicted octanol–water partition coefficient (Wildman–Crippen LogP) is 7.24. The van der Waals surface area contributed by atoms with E-state index in [1.54, 1.807) is 0 Å². The summed E-state index contributed by atoms with van der Waals surface area (Å²) < 4.78 is 0. The van der Waals surface area contributed by atoms with E-state index in [2.05, 4.69) is 54.6 Å². The van der Waals surface area contributed by atoms with Gasteiger partial charge in [0.25, 0.3) is 0 Å². The second kappa shape index (κ2) is 8.71. The first-order chi connectivity index (χ1) is 13.4. The number of rotatable bonds is 10. The molecular formula is C26H30O. The summed E-state index contributed by atoms with van der Waals surface area (Å²) in [7, 11) is 0. The Kier molecular flexibility index (Phi) is 5.89. The molecule has 27 heavy (non-hydrogen) atoms. The minimum atomic E-state index is 0.347. The third-order valence-electron chi connectivity index (χ3n) is 5.97. The highest BCUT2D eigenvalue weighted by atomic mass is 16.2. The summed E-state index contributed by atoms with van der Waals surface area (Å²) in [6.45, 7) is 0.347. The van der Waals surface area contributed by atoms with Crippen molar-refractivity contribution in [3.8, 4) is 0 Å². The van der Waals surface area contributed by atoms with Crippen LogP contribution in [0.4, 0.5) is 0 Å². The van der Waals surface area contributed by atoms with E-state index >= 15 is 0 Å². The first-order valence-electron chi connectivity index (χ1n) is 10.6. The van der Waals surface area contributed by atoms with Gasteiger partial charge in [0, 0.05) is 6.61 Å². The maximum absolute atomic E-state index is 8.81. The molecular weight excluding hydrogens is 328 g/mol. The molecule has 0 atom stereocenters. The van der Waals surface area contributed by atoms with Crippen molar-refractivity contribution in [3.63, 3.8) is 0 Å². The number of unbranched alkanes of at least 4 members (excludes halogenated alkanes) is 7. The van der Waals surface area contributed by atoms with Gasteiger partial charge < -0.3 is 5.11 Å². The van der Waals surface area contributed by atoms with Crippen molar-refractivity contribution in [2.24, 2.45) is 0 Å². The fourth-order valence-electron chi connectivity index (χ4n) is 4.50. The number of hydrogen-bond acceptors (Lipinski definition) is 1. The third-order valence-corrected chi connectivity index (χ3v) is 5.97. The molecule has 0 fully saturated rings. The molecule has 1 N–H and O–H groups in total. The first-order valence-corrected chi connectivity index (χ1v) is 10.6. The molecule has 4 aromatic carbocycles. The number of benzene rings is 4. The molecule has 0 amide bonds. The van der Waals surface area contributed by atoms with Crippen LogP contribution in [0.1, 0.15) is 56.9 Å². The van der Waals surface area contributed by atoms with E-state index in [4.69, 9.17) is 5.11 Å². The molecule has 0 aliphatic rings. The highest BCUT2D eigenvalue weighted by Crippen LogP contribution is 2.36. The van der Waals surface area contributed by atoms with Crippen molar-refractivity contribution < 1.29 is 5.11 Å². The topological polar surface area (TPSA) is 20.2 Å². The number of hydrogen-bond donors (Lipinski definition) is 1. The zero-order chi connectivity index (χ0) is 18.5. The van der Waals surface area contributed by atoms with E-state index in [0.717, 1.165) is 6.42 Å². The van der Waals surface area contributed by atoms with Crippen LogP contribution in [0.3, 0.4) is 0 Å². The van der Waals surface area contributed by atoms with Crippen LogP contribution >= 0.6 is 0 Å². The molecule has 0 aliphatic heterocycles. The summed E-state index contributed by atoms with van der Waals surface area (Å²) in [5, 5.41) is 17.2. The van der Waals surface area contributed by atoms with Gasteiger partial charge >= 0.3 is 0 Å². The van der Waals surface area contributed by atoms with E-state index in [1.165, 1.54) is 89.2 Å². The van der Waals surface area contributed by atoms with Crippen molar-refractivity contribution in [3.05, 3.63) is 60.2 Å². The fourth-order valence-corrected chi connectivity index (χ4v) is 4.50. The zero-order valence-electron chi connectivity index (χ0n) is 16.2. The molecule has 0 saturated carbocycles. The highest BCUT2D eigenvalue weighted by Gasteiger charge is 2.10. The van der Waals surface area contributed by atoms with Gasteiger partial charge in [0.15, 0.2) is 0 Å². The lowest BCUT2D eigenvalue weighted by Crippen LogP contribution is -1.91. The van der Waals surface area contributed by atoms with Gasteiger partial charge in [-0.1, -0.05) is 93.1 Å². The van der Waals surface area contributed by atoms with Crippen molar-refractivity contribution in [1.82, 2.24) is 0 Å². The summed E-state index contributed by atoms with van der Waals surface area (Å²) >= 11 is 0. The highest BCUT2D eigenvalue weighted by molar-refractivity contribution is 6.23. The second-order valence-corrected chi connectivity index (χ2v) is 7.88. The molecule has 0 saturated heterocycles. The summed E-state index contributed by atoms with van der Waals surface area (Å²) in [5.74, 6) is 0. The Morgan fingerprint density at radius 3 is 1.78 bits per heavy atom. The molecule has 0 bridgehead atoms. The van der Waals surface area contributed by atoms with E-state index < -0.39 is 0 Å². The Morgan fingerprint density at radius 2 is 1.07 bits per heavy atom. The fraction of sp³-hybridized carbons (Fsp3) is 0.385. The second-order valence-electron chi connectivity index (χ2n) is 7.88. The SMILES string of the molecule is OCCCCCCCCCCc1ccc2ccc3cccc4ccc1c2c34. The van der Waals surface area contributed by atoms with Crippen molar-refractivity contribution in [2.45, 2.75) is 57.8 Å². The van der Waals surface area contributed by atoms with Crippen LogP contribution in [-0.4, -0.2) is 11.7 Å². The molecule has 0 spiro atoms. The number of aliphatic hydroxyl groups is 1. The Bertz CT molecular complexity index is 985. The van der Waals surface area contributed by atoms with Crippen LogP contribution in [0.5, 0.6) is 0 Å². The van der Waals surface area contributed by atoms with Gasteiger partial charge in [-0.3, -0.25) is 0 Å². The van der Waals surface area contributed by atoms with Gasteiger partial charge in [0.2, 0.25) is 0 Å². The van der Waals surface area contributed by atoms with E-state index in [1.807, 2.05) is 0 Å². The van der Waals surface area contributed by atoms with Gasteiger partial charge in [0.05, 0.1) is 0 Å². The predicted molar refractivity (Wildman–Crippen MR) is 118 cm³/mol. The normalized spacial score (nSPS) is 11.9. The van der Waals surface area contributed by atoms with E-state index in [9.17, 15) is 0 Å². The van der Waals surface area contributed by atoms with Gasteiger partial charge in [-0.15, -0.1) is 0 Å². The molecule has 4 rings (SSSR count). The molecule has 0 radical (unpaired) electrons. The Balaban J connectivity index is 1.42. The minimum Gasteiger partial charge on any atom is -0.396 e. The Hall–Kier alpha value is -2.12. The lowest BCUT2D eigenvalue weighted by Gasteiger charge is -2.14. The van der Waals surface area contributed by atoms with Crippen molar-refractivity contribution >= 4 is 32.3 Å². The molecule has 0 heterocycles. The van der Waals surface area contributed by atoms with E-state index in [0.29, 0.717) is 6.61 Å². The maximum Gasteiger partial charge on any atom is 0.0431 e. The van der Waals surface area contributed by atoms with Crippen LogP contribution in [-0.2, 0) is 6.42 Å². The summed E-state index contributed by atoms with van der Waals surface area (Å²) in [6, 6.07) is 20.4. The van der Waals surface area contributed by atoms with Gasteiger partial charge in [-0.25, -0.2) is 0 Å². The standard InChI is InChI=1S/C26H30O/c27-19-8-6-4-2-1-3-5-7-10-20-13-14-23-16-15-21-11-9-12-22-17-18-24(20)26(23)25(21)22/h9,11-18,27H,1-8,10,19H2. The zero-order valence-corrected chi connectivity index (χ0v) is 16.2. The summed E-state index contributed by atoms with van der Waals surface area (Å²) in [5.41, 5.74) is 1.50.